The molecule has 2 atom stereocenters. The summed E-state index contributed by atoms with van der Waals surface area (Å²) in [6.07, 6.45) is 7.58. The lowest BCUT2D eigenvalue weighted by molar-refractivity contribution is -0.124. The summed E-state index contributed by atoms with van der Waals surface area (Å²) in [5.41, 5.74) is 3.37. The minimum absolute atomic E-state index is 0.0342. The third-order valence-corrected chi connectivity index (χ3v) is 9.50. The summed E-state index contributed by atoms with van der Waals surface area (Å²) in [5, 5.41) is 3.42. The number of piperidine rings is 1. The molecular formula is C35H45FN4O3. The molecule has 2 heterocycles. The van der Waals surface area contributed by atoms with Crippen LogP contribution in [-0.4, -0.2) is 53.3 Å². The van der Waals surface area contributed by atoms with Crippen molar-refractivity contribution in [3.05, 3.63) is 60.0 Å². The highest BCUT2D eigenvalue weighted by Gasteiger charge is 2.58. The van der Waals surface area contributed by atoms with Gasteiger partial charge in [0.2, 0.25) is 5.91 Å². The van der Waals surface area contributed by atoms with Gasteiger partial charge in [-0.05, 0) is 93.6 Å². The number of unbranched alkanes of at least 4 members (excludes halogenated alkanes) is 2. The SMILES string of the molecule is CCC(=O)CCCCC[C@H](NC(=O)C1CC12CCN(CC)CC2)c1nc(-c2ccc(F)cc2)[nH]c1-c1cccc(OC)c1. The lowest BCUT2D eigenvalue weighted by atomic mass is 9.90. The van der Waals surface area contributed by atoms with Gasteiger partial charge in [-0.25, -0.2) is 9.37 Å². The molecule has 2 aromatic carbocycles. The molecule has 2 N–H and O–H groups in total. The highest BCUT2D eigenvalue weighted by molar-refractivity contribution is 5.83. The van der Waals surface area contributed by atoms with Gasteiger partial charge in [-0.3, -0.25) is 9.59 Å². The van der Waals surface area contributed by atoms with Gasteiger partial charge in [0.1, 0.15) is 23.2 Å². The number of halogens is 1. The number of methoxy groups -OCH3 is 1. The van der Waals surface area contributed by atoms with E-state index in [1.54, 1.807) is 19.2 Å². The normalized spacial score (nSPS) is 18.4. The molecule has 1 saturated carbocycles. The van der Waals surface area contributed by atoms with E-state index >= 15 is 0 Å². The quantitative estimate of drug-likeness (QED) is 0.196. The zero-order chi connectivity index (χ0) is 30.4. The molecule has 1 unspecified atom stereocenters. The molecule has 1 aliphatic carbocycles. The van der Waals surface area contributed by atoms with Crippen molar-refractivity contribution in [2.75, 3.05) is 26.7 Å². The van der Waals surface area contributed by atoms with Crippen LogP contribution in [0, 0.1) is 17.2 Å². The largest absolute Gasteiger partial charge is 0.497 e. The molecule has 0 radical (unpaired) electrons. The number of aromatic nitrogens is 2. The average molecular weight is 589 g/mol. The van der Waals surface area contributed by atoms with Gasteiger partial charge in [-0.1, -0.05) is 38.8 Å². The fourth-order valence-electron chi connectivity index (χ4n) is 6.54. The van der Waals surface area contributed by atoms with Crippen LogP contribution < -0.4 is 10.1 Å². The molecule has 8 heteroatoms. The summed E-state index contributed by atoms with van der Waals surface area (Å²) in [6, 6.07) is 13.8. The van der Waals surface area contributed by atoms with Crippen molar-refractivity contribution in [2.45, 2.75) is 77.7 Å². The third-order valence-electron chi connectivity index (χ3n) is 9.50. The molecule has 230 valence electrons. The Morgan fingerprint density at radius 3 is 2.56 bits per heavy atom. The maximum atomic E-state index is 13.8. The first-order valence-electron chi connectivity index (χ1n) is 15.9. The number of benzene rings is 2. The number of imidazole rings is 1. The smallest absolute Gasteiger partial charge is 0.224 e. The Balaban J connectivity index is 1.43. The van der Waals surface area contributed by atoms with Crippen LogP contribution in [0.2, 0.25) is 0 Å². The molecule has 2 aliphatic rings. The average Bonchev–Trinajstić information content (AvgIpc) is 3.55. The molecular weight excluding hydrogens is 543 g/mol. The Kier molecular flexibility index (Phi) is 9.96. The van der Waals surface area contributed by atoms with Crippen LogP contribution in [-0.2, 0) is 9.59 Å². The molecule has 2 fully saturated rings. The van der Waals surface area contributed by atoms with E-state index in [4.69, 9.17) is 9.72 Å². The highest BCUT2D eigenvalue weighted by Crippen LogP contribution is 2.59. The minimum atomic E-state index is -0.311. The lowest BCUT2D eigenvalue weighted by Crippen LogP contribution is -2.37. The molecule has 1 aromatic heterocycles. The van der Waals surface area contributed by atoms with E-state index < -0.39 is 0 Å². The fraction of sp³-hybridized carbons (Fsp3) is 0.514. The van der Waals surface area contributed by atoms with Crippen molar-refractivity contribution in [1.82, 2.24) is 20.2 Å². The Hall–Kier alpha value is -3.52. The molecule has 7 nitrogen and oxygen atoms in total. The number of likely N-dealkylation sites (tertiary alicyclic amines) is 1. The summed E-state index contributed by atoms with van der Waals surface area (Å²) < 4.78 is 19.2. The Morgan fingerprint density at radius 2 is 1.86 bits per heavy atom. The van der Waals surface area contributed by atoms with Crippen LogP contribution in [0.25, 0.3) is 22.6 Å². The second kappa shape index (κ2) is 13.8. The van der Waals surface area contributed by atoms with E-state index in [0.717, 1.165) is 86.4 Å². The number of carbonyl (C=O) groups is 2. The number of rotatable bonds is 14. The van der Waals surface area contributed by atoms with E-state index in [2.05, 4.69) is 22.1 Å². The zero-order valence-electron chi connectivity index (χ0n) is 25.8. The van der Waals surface area contributed by atoms with Gasteiger partial charge in [0.25, 0.3) is 0 Å². The van der Waals surface area contributed by atoms with E-state index in [1.807, 2.05) is 31.2 Å². The van der Waals surface area contributed by atoms with Gasteiger partial charge < -0.3 is 19.9 Å². The van der Waals surface area contributed by atoms with Gasteiger partial charge in [-0.2, -0.15) is 0 Å². The summed E-state index contributed by atoms with van der Waals surface area (Å²) in [7, 11) is 1.64. The molecule has 1 spiro atoms. The van der Waals surface area contributed by atoms with Crippen LogP contribution in [0.15, 0.2) is 48.5 Å². The van der Waals surface area contributed by atoms with Crippen molar-refractivity contribution < 1.29 is 18.7 Å². The van der Waals surface area contributed by atoms with Gasteiger partial charge in [0.15, 0.2) is 0 Å². The minimum Gasteiger partial charge on any atom is -0.497 e. The van der Waals surface area contributed by atoms with Crippen molar-refractivity contribution in [2.24, 2.45) is 11.3 Å². The van der Waals surface area contributed by atoms with Crippen LogP contribution in [0.4, 0.5) is 4.39 Å². The number of carbonyl (C=O) groups excluding carboxylic acids is 2. The predicted molar refractivity (Wildman–Crippen MR) is 167 cm³/mol. The number of ether oxygens (including phenoxy) is 1. The summed E-state index contributed by atoms with van der Waals surface area (Å²) in [6.45, 7) is 7.27. The lowest BCUT2D eigenvalue weighted by Gasteiger charge is -2.32. The van der Waals surface area contributed by atoms with Gasteiger partial charge >= 0.3 is 0 Å². The number of aromatic amines is 1. The summed E-state index contributed by atoms with van der Waals surface area (Å²) in [5.74, 6) is 1.47. The topological polar surface area (TPSA) is 87.3 Å². The molecule has 43 heavy (non-hydrogen) atoms. The second-order valence-electron chi connectivity index (χ2n) is 12.2. The molecule has 1 aliphatic heterocycles. The van der Waals surface area contributed by atoms with Crippen LogP contribution in [0.5, 0.6) is 5.75 Å². The van der Waals surface area contributed by atoms with Crippen molar-refractivity contribution in [3.8, 4) is 28.4 Å². The highest BCUT2D eigenvalue weighted by atomic mass is 19.1. The number of ketones is 1. The number of Topliss-reactive ketones (excluding diaryl/α,β-unsaturated/α-hetero) is 1. The van der Waals surface area contributed by atoms with Crippen molar-refractivity contribution >= 4 is 11.7 Å². The first-order valence-corrected chi connectivity index (χ1v) is 15.9. The van der Waals surface area contributed by atoms with Crippen LogP contribution in [0.3, 0.4) is 0 Å². The number of nitrogens with one attached hydrogen (secondary N) is 2. The molecule has 0 bridgehead atoms. The number of hydrogen-bond donors (Lipinski definition) is 2. The van der Waals surface area contributed by atoms with E-state index in [-0.39, 0.29) is 34.9 Å². The molecule has 1 saturated heterocycles. The van der Waals surface area contributed by atoms with Gasteiger partial charge in [-0.15, -0.1) is 0 Å². The maximum absolute atomic E-state index is 13.8. The monoisotopic (exact) mass is 588 g/mol. The van der Waals surface area contributed by atoms with E-state index in [1.165, 1.54) is 12.1 Å². The zero-order valence-corrected chi connectivity index (χ0v) is 25.8. The first-order chi connectivity index (χ1) is 20.9. The predicted octanol–water partition coefficient (Wildman–Crippen LogP) is 7.10. The van der Waals surface area contributed by atoms with Gasteiger partial charge in [0.05, 0.1) is 24.5 Å². The standard InChI is InChI=1S/C35H45FN4O3/c1-4-27(41)11-7-6-8-13-30(37-34(42)29-23-35(29)18-20-40(5-2)21-19-35)32-31(25-10-9-12-28(22-25)43-3)38-33(39-32)24-14-16-26(36)17-15-24/h9-10,12,14-17,22,29-30H,4-8,11,13,18-21,23H2,1-3H3,(H,37,42)(H,38,39)/t29?,30-/m0/s1. The summed E-state index contributed by atoms with van der Waals surface area (Å²) in [4.78, 5) is 36.7. The molecule has 3 aromatic rings. The Labute approximate surface area is 254 Å². The fourth-order valence-corrected chi connectivity index (χ4v) is 6.54. The van der Waals surface area contributed by atoms with E-state index in [9.17, 15) is 14.0 Å². The first kappa shape index (κ1) is 30.9. The van der Waals surface area contributed by atoms with Crippen molar-refractivity contribution in [3.63, 3.8) is 0 Å². The second-order valence-corrected chi connectivity index (χ2v) is 12.2. The number of H-pyrrole nitrogens is 1. The molecule has 1 amide bonds. The molecule has 5 rings (SSSR count). The van der Waals surface area contributed by atoms with Crippen LogP contribution in [0.1, 0.15) is 83.4 Å². The van der Waals surface area contributed by atoms with Gasteiger partial charge in [0, 0.05) is 29.9 Å². The maximum Gasteiger partial charge on any atom is 0.224 e. The number of hydrogen-bond acceptors (Lipinski definition) is 5. The third kappa shape index (κ3) is 7.35. The Morgan fingerprint density at radius 1 is 1.09 bits per heavy atom. The van der Waals surface area contributed by atoms with Crippen LogP contribution >= 0.6 is 0 Å². The number of nitrogens with zero attached hydrogens (tertiary/aromatic N) is 2. The van der Waals surface area contributed by atoms with Crippen molar-refractivity contribution in [1.29, 1.82) is 0 Å². The summed E-state index contributed by atoms with van der Waals surface area (Å²) >= 11 is 0. The number of amides is 1. The van der Waals surface area contributed by atoms with E-state index in [0.29, 0.717) is 25.1 Å². The Bertz CT molecular complexity index is 1390.